The minimum Gasteiger partial charge on any atom is -0.312 e. The molecule has 0 amide bonds. The van der Waals surface area contributed by atoms with Gasteiger partial charge in [0.15, 0.2) is 7.22 Å². The fraction of sp³-hybridized carbons (Fsp3) is 1.00. The first-order valence-electron chi connectivity index (χ1n) is 2.05. The summed E-state index contributed by atoms with van der Waals surface area (Å²) in [4.78, 5) is 0. The maximum Gasteiger partial charge on any atom is 0.184 e. The van der Waals surface area contributed by atoms with E-state index in [4.69, 9.17) is 4.55 Å². The van der Waals surface area contributed by atoms with Crippen molar-refractivity contribution in [1.29, 1.82) is 0 Å². The van der Waals surface area contributed by atoms with E-state index in [1.54, 1.807) is 0 Å². The van der Waals surface area contributed by atoms with E-state index in [-0.39, 0.29) is 0 Å². The van der Waals surface area contributed by atoms with Gasteiger partial charge in [-0.2, -0.15) is 0 Å². The second-order valence-electron chi connectivity index (χ2n) is 2.36. The lowest BCUT2D eigenvalue weighted by Gasteiger charge is -2.06. The summed E-state index contributed by atoms with van der Waals surface area (Å²) in [6, 6.07) is 0. The average Bonchev–Trinajstić information content (AvgIpc) is 1.31. The maximum absolute atomic E-state index is 10.2. The molecule has 0 saturated carbocycles. The summed E-state index contributed by atoms with van der Waals surface area (Å²) in [6.07, 6.45) is 0. The van der Waals surface area contributed by atoms with Crippen LogP contribution in [-0.2, 0) is 10.5 Å². The quantitative estimate of drug-likeness (QED) is 0.434. The van der Waals surface area contributed by atoms with Crippen molar-refractivity contribution in [3.63, 3.8) is 0 Å². The summed E-state index contributed by atoms with van der Waals surface area (Å²) >= 11 is 0. The first-order chi connectivity index (χ1) is 2.94. The molecule has 0 aliphatic rings. The van der Waals surface area contributed by atoms with Gasteiger partial charge in [0, 0.05) is 0 Å². The Kier molecular flexibility index (Phi) is 2.16. The van der Waals surface area contributed by atoms with Crippen molar-refractivity contribution in [3.8, 4) is 0 Å². The summed E-state index contributed by atoms with van der Waals surface area (Å²) < 4.78 is 18.6. The Morgan fingerprint density at radius 3 is 1.57 bits per heavy atom. The van der Waals surface area contributed by atoms with Crippen molar-refractivity contribution in [2.45, 2.75) is 19.6 Å². The van der Waals surface area contributed by atoms with E-state index in [9.17, 15) is 4.21 Å². The molecular formula is C3H10O2SSi. The molecule has 0 aromatic carbocycles. The van der Waals surface area contributed by atoms with Crippen LogP contribution in [-0.4, -0.2) is 16.0 Å². The second-order valence-corrected chi connectivity index (χ2v) is 11.8. The molecule has 0 aromatic heterocycles. The van der Waals surface area contributed by atoms with Crippen LogP contribution in [0, 0.1) is 0 Å². The summed E-state index contributed by atoms with van der Waals surface area (Å²) in [5.74, 6) is 0. The van der Waals surface area contributed by atoms with Crippen molar-refractivity contribution in [1.82, 2.24) is 0 Å². The van der Waals surface area contributed by atoms with E-state index in [0.29, 0.717) is 0 Å². The Balaban J connectivity index is 3.79. The lowest BCUT2D eigenvalue weighted by Crippen LogP contribution is -2.26. The van der Waals surface area contributed by atoms with E-state index < -0.39 is 17.8 Å². The first-order valence-corrected chi connectivity index (χ1v) is 7.38. The Labute approximate surface area is 46.9 Å². The van der Waals surface area contributed by atoms with Crippen LogP contribution in [0.15, 0.2) is 0 Å². The number of rotatable bonds is 1. The Bertz CT molecular complexity index is 85.4. The molecule has 2 nitrogen and oxygen atoms in total. The Hall–Kier alpha value is 0.327. The van der Waals surface area contributed by atoms with Gasteiger partial charge in [0.05, 0.1) is 0 Å². The summed E-state index contributed by atoms with van der Waals surface area (Å²) in [6.45, 7) is 5.55. The molecule has 4 heteroatoms. The van der Waals surface area contributed by atoms with Crippen LogP contribution in [0.2, 0.25) is 19.6 Å². The third kappa shape index (κ3) is 2.96. The molecule has 0 heterocycles. The van der Waals surface area contributed by atoms with Crippen LogP contribution in [0.5, 0.6) is 0 Å². The predicted molar refractivity (Wildman–Crippen MR) is 34.1 cm³/mol. The van der Waals surface area contributed by atoms with Gasteiger partial charge in [0.25, 0.3) is 0 Å². The minimum atomic E-state index is -1.71. The fourth-order valence-corrected chi connectivity index (χ4v) is 0. The highest BCUT2D eigenvalue weighted by atomic mass is 32.4. The lowest BCUT2D eigenvalue weighted by atomic mass is 11.8. The van der Waals surface area contributed by atoms with Crippen molar-refractivity contribution in [2.75, 3.05) is 0 Å². The van der Waals surface area contributed by atoms with Crippen LogP contribution >= 0.6 is 0 Å². The monoisotopic (exact) mass is 138 g/mol. The van der Waals surface area contributed by atoms with Crippen molar-refractivity contribution >= 4 is 17.8 Å². The second kappa shape index (κ2) is 2.06. The molecule has 1 atom stereocenters. The largest absolute Gasteiger partial charge is 0.312 e. The zero-order valence-corrected chi connectivity index (χ0v) is 6.58. The first kappa shape index (κ1) is 7.33. The lowest BCUT2D eigenvalue weighted by molar-refractivity contribution is 0.577. The zero-order valence-electron chi connectivity index (χ0n) is 4.76. The molecular weight excluding hydrogens is 128 g/mol. The molecule has 0 aromatic rings. The molecule has 0 saturated heterocycles. The summed E-state index contributed by atoms with van der Waals surface area (Å²) in [7, 11) is -3.25. The summed E-state index contributed by atoms with van der Waals surface area (Å²) in [5, 5.41) is 0. The SMILES string of the molecule is C[Si](C)(C)S(=O)O. The third-order valence-electron chi connectivity index (χ3n) is 0.524. The molecule has 0 aliphatic carbocycles. The van der Waals surface area contributed by atoms with E-state index >= 15 is 0 Å². The average molecular weight is 138 g/mol. The van der Waals surface area contributed by atoms with Gasteiger partial charge in [0.2, 0.25) is 0 Å². The third-order valence-corrected chi connectivity index (χ3v) is 4.71. The van der Waals surface area contributed by atoms with Gasteiger partial charge in [-0.15, -0.1) is 0 Å². The normalized spacial score (nSPS) is 16.6. The molecule has 1 N–H and O–H groups in total. The Morgan fingerprint density at radius 1 is 1.43 bits per heavy atom. The minimum absolute atomic E-state index is 1.54. The van der Waals surface area contributed by atoms with Gasteiger partial charge in [0.1, 0.15) is 10.5 Å². The topological polar surface area (TPSA) is 37.3 Å². The molecule has 0 aliphatic heterocycles. The van der Waals surface area contributed by atoms with Gasteiger partial charge >= 0.3 is 0 Å². The maximum atomic E-state index is 10.2. The number of hydrogen-bond acceptors (Lipinski definition) is 1. The van der Waals surface area contributed by atoms with Crippen LogP contribution in [0.1, 0.15) is 0 Å². The molecule has 44 valence electrons. The molecule has 0 rings (SSSR count). The van der Waals surface area contributed by atoms with Crippen molar-refractivity contribution in [2.24, 2.45) is 0 Å². The number of hydrogen-bond donors (Lipinski definition) is 1. The van der Waals surface area contributed by atoms with Crippen LogP contribution in [0.3, 0.4) is 0 Å². The van der Waals surface area contributed by atoms with E-state index in [1.807, 2.05) is 19.6 Å². The molecule has 0 radical (unpaired) electrons. The van der Waals surface area contributed by atoms with Crippen LogP contribution in [0.25, 0.3) is 0 Å². The van der Waals surface area contributed by atoms with Gasteiger partial charge in [-0.3, -0.25) is 0 Å². The smallest absolute Gasteiger partial charge is 0.184 e. The molecule has 7 heavy (non-hydrogen) atoms. The van der Waals surface area contributed by atoms with Crippen LogP contribution in [0.4, 0.5) is 0 Å². The highest BCUT2D eigenvalue weighted by molar-refractivity contribution is 8.12. The predicted octanol–water partition coefficient (Wildman–Crippen LogP) is 1.04. The molecule has 1 unspecified atom stereocenters. The van der Waals surface area contributed by atoms with Crippen LogP contribution < -0.4 is 0 Å². The fourth-order valence-electron chi connectivity index (χ4n) is 0. The molecule has 0 bridgehead atoms. The highest BCUT2D eigenvalue weighted by Gasteiger charge is 2.20. The van der Waals surface area contributed by atoms with Gasteiger partial charge in [-0.25, -0.2) is 4.21 Å². The Morgan fingerprint density at radius 2 is 1.57 bits per heavy atom. The van der Waals surface area contributed by atoms with Gasteiger partial charge in [-0.1, -0.05) is 19.6 Å². The van der Waals surface area contributed by atoms with Crippen molar-refractivity contribution < 1.29 is 8.76 Å². The standard InChI is InChI=1S/C3H10O2SSi/c1-7(2,3)6(4)5/h1-3H3,(H,4,5). The van der Waals surface area contributed by atoms with Gasteiger partial charge in [-0.05, 0) is 0 Å². The zero-order chi connectivity index (χ0) is 6.08. The van der Waals surface area contributed by atoms with E-state index in [2.05, 4.69) is 0 Å². The van der Waals surface area contributed by atoms with Crippen molar-refractivity contribution in [3.05, 3.63) is 0 Å². The molecule has 0 spiro atoms. The highest BCUT2D eigenvalue weighted by Crippen LogP contribution is 2.02. The van der Waals surface area contributed by atoms with E-state index in [0.717, 1.165) is 0 Å². The molecule has 0 fully saturated rings. The van der Waals surface area contributed by atoms with Gasteiger partial charge < -0.3 is 4.55 Å². The van der Waals surface area contributed by atoms with E-state index in [1.165, 1.54) is 0 Å². The summed E-state index contributed by atoms with van der Waals surface area (Å²) in [5.41, 5.74) is 0.